The van der Waals surface area contributed by atoms with E-state index in [0.717, 1.165) is 11.9 Å². The minimum absolute atomic E-state index is 0.0603. The summed E-state index contributed by atoms with van der Waals surface area (Å²) in [4.78, 5) is 16.0. The van der Waals surface area contributed by atoms with Crippen molar-refractivity contribution in [3.63, 3.8) is 0 Å². The maximum Gasteiger partial charge on any atom is 0.319 e. The van der Waals surface area contributed by atoms with Crippen molar-refractivity contribution in [1.29, 1.82) is 0 Å². The van der Waals surface area contributed by atoms with Gasteiger partial charge in [-0.05, 0) is 24.3 Å². The lowest BCUT2D eigenvalue weighted by atomic mass is 10.3. The third-order valence-corrected chi connectivity index (χ3v) is 3.88. The summed E-state index contributed by atoms with van der Waals surface area (Å²) in [6, 6.07) is 11.8. The average Bonchev–Trinajstić information content (AvgIpc) is 2.53. The first-order valence-electron chi connectivity index (χ1n) is 7.28. The summed E-state index contributed by atoms with van der Waals surface area (Å²) in [6.07, 6.45) is 2.81. The Labute approximate surface area is 141 Å². The van der Waals surface area contributed by atoms with Crippen molar-refractivity contribution >= 4 is 21.6 Å². The molecule has 1 heterocycles. The molecule has 7 nitrogen and oxygen atoms in total. The van der Waals surface area contributed by atoms with Crippen LogP contribution in [0.15, 0.2) is 48.7 Å². The van der Waals surface area contributed by atoms with Crippen molar-refractivity contribution in [3.8, 4) is 5.75 Å². The summed E-state index contributed by atoms with van der Waals surface area (Å²) in [5.74, 6) is 0.427. The van der Waals surface area contributed by atoms with Crippen molar-refractivity contribution in [1.82, 2.24) is 10.3 Å². The molecule has 2 aromatic rings. The second kappa shape index (κ2) is 8.30. The molecule has 0 spiro atoms. The number of anilines is 1. The third-order valence-electron chi connectivity index (χ3n) is 2.97. The minimum atomic E-state index is -3.07. The van der Waals surface area contributed by atoms with Crippen molar-refractivity contribution in [2.75, 3.05) is 23.9 Å². The van der Waals surface area contributed by atoms with Gasteiger partial charge in [-0.25, -0.2) is 13.2 Å². The van der Waals surface area contributed by atoms with Crippen LogP contribution in [0.25, 0.3) is 0 Å². The van der Waals surface area contributed by atoms with E-state index in [2.05, 4.69) is 15.6 Å². The maximum absolute atomic E-state index is 11.9. The number of ether oxygens (including phenoxy) is 1. The molecule has 2 amide bonds. The predicted molar refractivity (Wildman–Crippen MR) is 91.7 cm³/mol. The van der Waals surface area contributed by atoms with Gasteiger partial charge < -0.3 is 15.4 Å². The van der Waals surface area contributed by atoms with Gasteiger partial charge in [0.1, 0.15) is 12.4 Å². The first-order chi connectivity index (χ1) is 11.4. The quantitative estimate of drug-likeness (QED) is 0.795. The number of nitrogens with zero attached hydrogens (tertiary/aromatic N) is 1. The molecule has 0 aliphatic carbocycles. The van der Waals surface area contributed by atoms with Crippen molar-refractivity contribution < 1.29 is 17.9 Å². The highest BCUT2D eigenvalue weighted by Crippen LogP contribution is 2.17. The van der Waals surface area contributed by atoms with E-state index in [9.17, 15) is 13.2 Å². The van der Waals surface area contributed by atoms with E-state index in [4.69, 9.17) is 4.74 Å². The molecule has 0 saturated carbocycles. The smallest absolute Gasteiger partial charge is 0.319 e. The number of rotatable bonds is 7. The Morgan fingerprint density at radius 1 is 1.21 bits per heavy atom. The molecule has 1 aromatic heterocycles. The van der Waals surface area contributed by atoms with Crippen LogP contribution in [0.2, 0.25) is 0 Å². The van der Waals surface area contributed by atoms with Gasteiger partial charge in [0.15, 0.2) is 9.84 Å². The Morgan fingerprint density at radius 2 is 2.04 bits per heavy atom. The summed E-state index contributed by atoms with van der Waals surface area (Å²) < 4.78 is 27.5. The normalized spacial score (nSPS) is 10.9. The number of benzene rings is 1. The molecule has 2 N–H and O–H groups in total. The summed E-state index contributed by atoms with van der Waals surface area (Å²) >= 11 is 0. The number of urea groups is 1. The van der Waals surface area contributed by atoms with E-state index < -0.39 is 9.84 Å². The number of nitrogens with one attached hydrogen (secondary N) is 2. The lowest BCUT2D eigenvalue weighted by Gasteiger charge is -2.10. The average molecular weight is 349 g/mol. The van der Waals surface area contributed by atoms with Gasteiger partial charge in [-0.1, -0.05) is 12.1 Å². The summed E-state index contributed by atoms with van der Waals surface area (Å²) in [7, 11) is -3.07. The second-order valence-corrected chi connectivity index (χ2v) is 7.39. The molecule has 0 saturated heterocycles. The molecule has 2 rings (SSSR count). The summed E-state index contributed by atoms with van der Waals surface area (Å²) in [5.41, 5.74) is 1.30. The Balaban J connectivity index is 1.83. The molecule has 1 aromatic carbocycles. The molecule has 0 atom stereocenters. The SMILES string of the molecule is CS(=O)(=O)CCOc1cccc(NC(=O)NCc2ccccn2)c1. The number of aromatic nitrogens is 1. The highest BCUT2D eigenvalue weighted by molar-refractivity contribution is 7.90. The second-order valence-electron chi connectivity index (χ2n) is 5.13. The first-order valence-corrected chi connectivity index (χ1v) is 9.34. The van der Waals surface area contributed by atoms with Gasteiger partial charge in [0.2, 0.25) is 0 Å². The van der Waals surface area contributed by atoms with Crippen LogP contribution in [-0.2, 0) is 16.4 Å². The molecule has 0 fully saturated rings. The Kier molecular flexibility index (Phi) is 6.14. The lowest BCUT2D eigenvalue weighted by molar-refractivity contribution is 0.251. The highest BCUT2D eigenvalue weighted by Gasteiger charge is 2.05. The van der Waals surface area contributed by atoms with E-state index in [1.807, 2.05) is 12.1 Å². The zero-order valence-corrected chi connectivity index (χ0v) is 14.0. The van der Waals surface area contributed by atoms with Gasteiger partial charge in [0.25, 0.3) is 0 Å². The largest absolute Gasteiger partial charge is 0.492 e. The van der Waals surface area contributed by atoms with Gasteiger partial charge >= 0.3 is 6.03 Å². The van der Waals surface area contributed by atoms with Gasteiger partial charge in [0, 0.05) is 24.2 Å². The lowest BCUT2D eigenvalue weighted by Crippen LogP contribution is -2.28. The number of amides is 2. The van der Waals surface area contributed by atoms with Crippen LogP contribution in [-0.4, -0.2) is 38.0 Å². The molecule has 0 unspecified atom stereocenters. The zero-order valence-electron chi connectivity index (χ0n) is 13.2. The molecule has 0 aliphatic rings. The van der Waals surface area contributed by atoms with E-state index in [0.29, 0.717) is 18.0 Å². The number of carbonyl (C=O) groups excluding carboxylic acids is 1. The molecule has 0 bridgehead atoms. The fraction of sp³-hybridized carbons (Fsp3) is 0.250. The Morgan fingerprint density at radius 3 is 2.75 bits per heavy atom. The van der Waals surface area contributed by atoms with Crippen LogP contribution in [0.3, 0.4) is 0 Å². The fourth-order valence-corrected chi connectivity index (χ4v) is 2.21. The van der Waals surface area contributed by atoms with Gasteiger partial charge in [-0.3, -0.25) is 4.98 Å². The van der Waals surface area contributed by atoms with Crippen LogP contribution in [0.5, 0.6) is 5.75 Å². The number of pyridine rings is 1. The standard InChI is InChI=1S/C16H19N3O4S/c1-24(21,22)10-9-23-15-7-4-6-13(11-15)19-16(20)18-12-14-5-2-3-8-17-14/h2-8,11H,9-10,12H2,1H3,(H2,18,19,20). The minimum Gasteiger partial charge on any atom is -0.492 e. The molecule has 24 heavy (non-hydrogen) atoms. The van der Waals surface area contributed by atoms with Gasteiger partial charge in [0.05, 0.1) is 18.0 Å². The number of carbonyl (C=O) groups is 1. The van der Waals surface area contributed by atoms with E-state index in [-0.39, 0.29) is 18.4 Å². The van der Waals surface area contributed by atoms with Crippen molar-refractivity contribution in [3.05, 3.63) is 54.4 Å². The number of sulfone groups is 1. The number of hydrogen-bond donors (Lipinski definition) is 2. The predicted octanol–water partition coefficient (Wildman–Crippen LogP) is 1.83. The molecule has 8 heteroatoms. The van der Waals surface area contributed by atoms with Crippen LogP contribution < -0.4 is 15.4 Å². The zero-order chi connectivity index (χ0) is 17.4. The van der Waals surface area contributed by atoms with Gasteiger partial charge in [-0.15, -0.1) is 0 Å². The molecule has 0 radical (unpaired) electrons. The Hall–Kier alpha value is -2.61. The van der Waals surface area contributed by atoms with Crippen LogP contribution in [0.1, 0.15) is 5.69 Å². The molecule has 128 valence electrons. The summed E-state index contributed by atoms with van der Waals surface area (Å²) in [5, 5.41) is 5.38. The van der Waals surface area contributed by atoms with Gasteiger partial charge in [-0.2, -0.15) is 0 Å². The van der Waals surface area contributed by atoms with Crippen LogP contribution in [0.4, 0.5) is 10.5 Å². The fourth-order valence-electron chi connectivity index (χ4n) is 1.82. The first kappa shape index (κ1) is 17.7. The van der Waals surface area contributed by atoms with E-state index in [1.54, 1.807) is 36.5 Å². The highest BCUT2D eigenvalue weighted by atomic mass is 32.2. The Bertz CT molecular complexity index is 779. The van der Waals surface area contributed by atoms with Crippen LogP contribution in [0, 0.1) is 0 Å². The molecular formula is C16H19N3O4S. The van der Waals surface area contributed by atoms with Crippen molar-refractivity contribution in [2.24, 2.45) is 0 Å². The monoisotopic (exact) mass is 349 g/mol. The number of hydrogen-bond acceptors (Lipinski definition) is 5. The van der Waals surface area contributed by atoms with Crippen molar-refractivity contribution in [2.45, 2.75) is 6.54 Å². The van der Waals surface area contributed by atoms with E-state index >= 15 is 0 Å². The maximum atomic E-state index is 11.9. The van der Waals surface area contributed by atoms with Crippen LogP contribution >= 0.6 is 0 Å². The summed E-state index contributed by atoms with van der Waals surface area (Å²) in [6.45, 7) is 0.380. The van der Waals surface area contributed by atoms with E-state index in [1.165, 1.54) is 0 Å². The third kappa shape index (κ3) is 6.66. The molecular weight excluding hydrogens is 330 g/mol. The molecule has 0 aliphatic heterocycles. The topological polar surface area (TPSA) is 97.4 Å².